The molecule has 0 aromatic rings. The molecule has 0 atom stereocenters. The van der Waals surface area contributed by atoms with E-state index in [0.29, 0.717) is 5.54 Å². The molecule has 2 heteroatoms. The molecule has 1 saturated heterocycles. The lowest BCUT2D eigenvalue weighted by atomic mass is 9.95. The van der Waals surface area contributed by atoms with E-state index in [2.05, 4.69) is 24.5 Å². The van der Waals surface area contributed by atoms with Crippen LogP contribution >= 0.6 is 0 Å². The van der Waals surface area contributed by atoms with Gasteiger partial charge in [0.1, 0.15) is 0 Å². The lowest BCUT2D eigenvalue weighted by Crippen LogP contribution is -2.65. The highest BCUT2D eigenvalue weighted by atomic mass is 15.1. The molecule has 1 heterocycles. The van der Waals surface area contributed by atoms with Crippen molar-refractivity contribution in [3.05, 3.63) is 0 Å². The van der Waals surface area contributed by atoms with Gasteiger partial charge < -0.3 is 10.6 Å². The summed E-state index contributed by atoms with van der Waals surface area (Å²) in [5.41, 5.74) is 0.411. The molecule has 0 amide bonds. The van der Waals surface area contributed by atoms with E-state index in [1.54, 1.807) is 0 Å². The zero-order valence-corrected chi connectivity index (χ0v) is 5.62. The van der Waals surface area contributed by atoms with Crippen LogP contribution in [0.1, 0.15) is 13.8 Å². The molecule has 0 aliphatic carbocycles. The van der Waals surface area contributed by atoms with Crippen molar-refractivity contribution in [3.63, 3.8) is 0 Å². The Morgan fingerprint density at radius 3 is 2.38 bits per heavy atom. The molecule has 1 aliphatic heterocycles. The second-order valence-electron chi connectivity index (χ2n) is 2.69. The highest BCUT2D eigenvalue weighted by Gasteiger charge is 2.29. The fourth-order valence-corrected chi connectivity index (χ4v) is 1.05. The first-order chi connectivity index (χ1) is 3.77. The molecule has 0 aromatic heterocycles. The minimum atomic E-state index is 0.411. The quantitative estimate of drug-likeness (QED) is 0.526. The van der Waals surface area contributed by atoms with Crippen LogP contribution in [0.4, 0.5) is 0 Å². The van der Waals surface area contributed by atoms with Crippen LogP contribution in [0.25, 0.3) is 0 Å². The number of nitrogens with one attached hydrogen (secondary N) is 2. The molecular weight excluding hydrogens is 100 g/mol. The third-order valence-corrected chi connectivity index (χ3v) is 1.63. The average molecular weight is 114 g/mol. The second kappa shape index (κ2) is 2.03. The van der Waals surface area contributed by atoms with Crippen LogP contribution in [0.3, 0.4) is 0 Å². The number of likely N-dealkylation sites (N-methyl/N-ethyl adjacent to an activating group) is 1. The summed E-state index contributed by atoms with van der Waals surface area (Å²) < 4.78 is 0. The summed E-state index contributed by atoms with van der Waals surface area (Å²) in [4.78, 5) is 0. The van der Waals surface area contributed by atoms with Crippen molar-refractivity contribution in [2.45, 2.75) is 19.4 Å². The van der Waals surface area contributed by atoms with Gasteiger partial charge in [-0.3, -0.25) is 0 Å². The van der Waals surface area contributed by atoms with Crippen molar-refractivity contribution in [3.8, 4) is 0 Å². The standard InChI is InChI=1S/C6H14N2/c1-3-8-6(2)4-7-5-6/h7-8H,3-5H2,1-2H3. The maximum Gasteiger partial charge on any atom is 0.0403 e. The van der Waals surface area contributed by atoms with E-state index in [4.69, 9.17) is 0 Å². The third kappa shape index (κ3) is 1.01. The van der Waals surface area contributed by atoms with E-state index in [1.165, 1.54) is 0 Å². The zero-order chi connectivity index (χ0) is 6.04. The minimum Gasteiger partial charge on any atom is -0.313 e. The molecule has 0 radical (unpaired) electrons. The van der Waals surface area contributed by atoms with Crippen molar-refractivity contribution in [1.29, 1.82) is 0 Å². The highest BCUT2D eigenvalue weighted by molar-refractivity contribution is 4.95. The summed E-state index contributed by atoms with van der Waals surface area (Å²) in [6.45, 7) is 7.72. The van der Waals surface area contributed by atoms with E-state index in [9.17, 15) is 0 Å². The Bertz CT molecular complexity index is 76.6. The Hall–Kier alpha value is -0.0800. The Morgan fingerprint density at radius 2 is 2.25 bits per heavy atom. The Morgan fingerprint density at radius 1 is 1.62 bits per heavy atom. The average Bonchev–Trinajstić information content (AvgIpc) is 1.64. The summed E-state index contributed by atoms with van der Waals surface area (Å²) in [6.07, 6.45) is 0. The summed E-state index contributed by atoms with van der Waals surface area (Å²) in [5, 5.41) is 6.62. The van der Waals surface area contributed by atoms with E-state index in [-0.39, 0.29) is 0 Å². The van der Waals surface area contributed by atoms with Gasteiger partial charge in [-0.1, -0.05) is 6.92 Å². The molecular formula is C6H14N2. The van der Waals surface area contributed by atoms with Gasteiger partial charge in [-0.25, -0.2) is 0 Å². The Labute approximate surface area is 50.7 Å². The van der Waals surface area contributed by atoms with Crippen LogP contribution in [0.15, 0.2) is 0 Å². The van der Waals surface area contributed by atoms with Gasteiger partial charge in [-0.05, 0) is 13.5 Å². The molecule has 1 fully saturated rings. The van der Waals surface area contributed by atoms with E-state index in [0.717, 1.165) is 19.6 Å². The van der Waals surface area contributed by atoms with Gasteiger partial charge in [0, 0.05) is 18.6 Å². The zero-order valence-electron chi connectivity index (χ0n) is 5.62. The van der Waals surface area contributed by atoms with Crippen LogP contribution in [0.5, 0.6) is 0 Å². The molecule has 48 valence electrons. The van der Waals surface area contributed by atoms with Crippen LogP contribution in [-0.4, -0.2) is 25.2 Å². The fraction of sp³-hybridized carbons (Fsp3) is 1.00. The summed E-state index contributed by atoms with van der Waals surface area (Å²) in [7, 11) is 0. The lowest BCUT2D eigenvalue weighted by molar-refractivity contribution is 0.243. The Balaban J connectivity index is 2.20. The smallest absolute Gasteiger partial charge is 0.0403 e. The van der Waals surface area contributed by atoms with Gasteiger partial charge in [0.25, 0.3) is 0 Å². The molecule has 0 saturated carbocycles. The number of hydrogen-bond acceptors (Lipinski definition) is 2. The number of hydrogen-bond donors (Lipinski definition) is 2. The van der Waals surface area contributed by atoms with Crippen molar-refractivity contribution >= 4 is 0 Å². The van der Waals surface area contributed by atoms with Gasteiger partial charge in [0.05, 0.1) is 0 Å². The number of rotatable bonds is 2. The predicted molar refractivity (Wildman–Crippen MR) is 35.0 cm³/mol. The molecule has 2 N–H and O–H groups in total. The molecule has 0 spiro atoms. The van der Waals surface area contributed by atoms with Gasteiger partial charge in [0.2, 0.25) is 0 Å². The van der Waals surface area contributed by atoms with Gasteiger partial charge in [-0.15, -0.1) is 0 Å². The van der Waals surface area contributed by atoms with Gasteiger partial charge in [-0.2, -0.15) is 0 Å². The van der Waals surface area contributed by atoms with E-state index < -0.39 is 0 Å². The van der Waals surface area contributed by atoms with Crippen LogP contribution in [0, 0.1) is 0 Å². The first kappa shape index (κ1) is 6.05. The minimum absolute atomic E-state index is 0.411. The monoisotopic (exact) mass is 114 g/mol. The first-order valence-corrected chi connectivity index (χ1v) is 3.22. The molecule has 1 rings (SSSR count). The fourth-order valence-electron chi connectivity index (χ4n) is 1.05. The normalized spacial score (nSPS) is 24.8. The van der Waals surface area contributed by atoms with Gasteiger partial charge in [0.15, 0.2) is 0 Å². The van der Waals surface area contributed by atoms with Crippen molar-refractivity contribution in [2.24, 2.45) is 0 Å². The molecule has 2 nitrogen and oxygen atoms in total. The second-order valence-corrected chi connectivity index (χ2v) is 2.69. The maximum atomic E-state index is 3.40. The van der Waals surface area contributed by atoms with Crippen LogP contribution < -0.4 is 10.6 Å². The van der Waals surface area contributed by atoms with E-state index in [1.807, 2.05) is 0 Å². The van der Waals surface area contributed by atoms with Crippen LogP contribution in [-0.2, 0) is 0 Å². The predicted octanol–water partition coefficient (Wildman–Crippen LogP) is -0.0422. The van der Waals surface area contributed by atoms with Crippen molar-refractivity contribution < 1.29 is 0 Å². The summed E-state index contributed by atoms with van der Waals surface area (Å²) in [5.74, 6) is 0. The largest absolute Gasteiger partial charge is 0.313 e. The molecule has 0 unspecified atom stereocenters. The molecule has 8 heavy (non-hydrogen) atoms. The molecule has 0 bridgehead atoms. The summed E-state index contributed by atoms with van der Waals surface area (Å²) >= 11 is 0. The first-order valence-electron chi connectivity index (χ1n) is 3.22. The highest BCUT2D eigenvalue weighted by Crippen LogP contribution is 2.07. The van der Waals surface area contributed by atoms with Crippen molar-refractivity contribution in [1.82, 2.24) is 10.6 Å². The van der Waals surface area contributed by atoms with Crippen molar-refractivity contribution in [2.75, 3.05) is 19.6 Å². The third-order valence-electron chi connectivity index (χ3n) is 1.63. The SMILES string of the molecule is CCNC1(C)CNC1. The molecule has 1 aliphatic rings. The van der Waals surface area contributed by atoms with Gasteiger partial charge >= 0.3 is 0 Å². The molecule has 0 aromatic carbocycles. The maximum absolute atomic E-state index is 3.40. The van der Waals surface area contributed by atoms with Crippen LogP contribution in [0.2, 0.25) is 0 Å². The topological polar surface area (TPSA) is 24.1 Å². The van der Waals surface area contributed by atoms with E-state index >= 15 is 0 Å². The Kier molecular flexibility index (Phi) is 1.54. The summed E-state index contributed by atoms with van der Waals surface area (Å²) in [6, 6.07) is 0. The lowest BCUT2D eigenvalue weighted by Gasteiger charge is -2.40.